The quantitative estimate of drug-likeness (QED) is 0.298. The zero-order chi connectivity index (χ0) is 29.4. The van der Waals surface area contributed by atoms with Gasteiger partial charge < -0.3 is 20.3 Å². The van der Waals surface area contributed by atoms with Crippen LogP contribution in [0, 0.1) is 11.7 Å². The van der Waals surface area contributed by atoms with E-state index in [0.29, 0.717) is 54.0 Å². The topological polar surface area (TPSA) is 91.9 Å². The first-order valence-corrected chi connectivity index (χ1v) is 14.5. The lowest BCUT2D eigenvalue weighted by Crippen LogP contribution is -2.25. The van der Waals surface area contributed by atoms with Crippen LogP contribution in [0.5, 0.6) is 5.75 Å². The zero-order valence-electron chi connectivity index (χ0n) is 23.6. The summed E-state index contributed by atoms with van der Waals surface area (Å²) in [5.74, 6) is 1.91. The van der Waals surface area contributed by atoms with Crippen LogP contribution in [0.1, 0.15) is 48.8 Å². The van der Waals surface area contributed by atoms with Gasteiger partial charge in [0.15, 0.2) is 5.82 Å². The van der Waals surface area contributed by atoms with Crippen LogP contribution in [-0.2, 0) is 9.63 Å². The number of methoxy groups -OCH3 is 1. The maximum absolute atomic E-state index is 13.8. The number of ether oxygens (including phenoxy) is 1. The number of hydrogen-bond acceptors (Lipinski definition) is 8. The Hall–Kier alpha value is -3.73. The Kier molecular flexibility index (Phi) is 8.02. The highest BCUT2D eigenvalue weighted by Crippen LogP contribution is 2.49. The molecule has 220 valence electrons. The predicted molar refractivity (Wildman–Crippen MR) is 161 cm³/mol. The number of aromatic nitrogens is 2. The van der Waals surface area contributed by atoms with Crippen molar-refractivity contribution in [3.63, 3.8) is 0 Å². The van der Waals surface area contributed by atoms with Crippen molar-refractivity contribution in [3.05, 3.63) is 77.3 Å². The standard InChI is InChI=1S/C31H34ClFN6O3/c1-4-31(40)37-24-15-25(28(41-3)14-21(24)20-11-19-7-9-38(2)27(19)13-20)36-29-16-30(35-17-34-29)39-26(8-10-42-39)18-5-6-23(33)22(32)12-18/h4-6,12,14-17,19-20,26-27H,1,7-11,13H2,2-3H3,(H,37,40)(H,34,35,36)/t19-,20?,26+,27+/m0/s1. The highest BCUT2D eigenvalue weighted by atomic mass is 35.5. The average Bonchev–Trinajstić information content (AvgIpc) is 3.73. The summed E-state index contributed by atoms with van der Waals surface area (Å²) >= 11 is 6.05. The number of amides is 1. The van der Waals surface area contributed by atoms with Crippen molar-refractivity contribution in [2.45, 2.75) is 43.7 Å². The maximum atomic E-state index is 13.8. The fourth-order valence-corrected chi connectivity index (χ4v) is 6.81. The van der Waals surface area contributed by atoms with E-state index in [9.17, 15) is 9.18 Å². The van der Waals surface area contributed by atoms with Gasteiger partial charge in [-0.2, -0.15) is 0 Å². The molecule has 3 heterocycles. The zero-order valence-corrected chi connectivity index (χ0v) is 24.4. The Morgan fingerprint density at radius 2 is 2.05 bits per heavy atom. The van der Waals surface area contributed by atoms with Gasteiger partial charge in [0, 0.05) is 24.2 Å². The van der Waals surface area contributed by atoms with Crippen molar-refractivity contribution in [1.29, 1.82) is 0 Å². The van der Waals surface area contributed by atoms with E-state index in [2.05, 4.69) is 39.1 Å². The molecule has 6 rings (SSSR count). The van der Waals surface area contributed by atoms with Crippen molar-refractivity contribution >= 4 is 40.5 Å². The van der Waals surface area contributed by atoms with Crippen LogP contribution in [0.3, 0.4) is 0 Å². The molecule has 1 unspecified atom stereocenters. The van der Waals surface area contributed by atoms with Gasteiger partial charge in [0.2, 0.25) is 5.91 Å². The summed E-state index contributed by atoms with van der Waals surface area (Å²) in [6.45, 7) is 5.24. The predicted octanol–water partition coefficient (Wildman–Crippen LogP) is 6.23. The molecule has 4 atom stereocenters. The third-order valence-corrected chi connectivity index (χ3v) is 8.99. The molecule has 2 saturated heterocycles. The Morgan fingerprint density at radius 1 is 1.19 bits per heavy atom. The van der Waals surface area contributed by atoms with Crippen LogP contribution in [0.15, 0.2) is 55.4 Å². The number of likely N-dealkylation sites (tertiary alicyclic amines) is 1. The number of benzene rings is 2. The van der Waals surface area contributed by atoms with E-state index in [1.54, 1.807) is 30.4 Å². The first kappa shape index (κ1) is 28.4. The average molecular weight is 593 g/mol. The molecule has 1 aliphatic carbocycles. The summed E-state index contributed by atoms with van der Waals surface area (Å²) in [5.41, 5.74) is 3.25. The molecule has 1 saturated carbocycles. The molecule has 1 amide bonds. The highest BCUT2D eigenvalue weighted by Gasteiger charge is 2.41. The van der Waals surface area contributed by atoms with E-state index in [0.717, 1.165) is 36.2 Å². The monoisotopic (exact) mass is 592 g/mol. The lowest BCUT2D eigenvalue weighted by Gasteiger charge is -2.24. The molecule has 0 spiro atoms. The molecular weight excluding hydrogens is 559 g/mol. The maximum Gasteiger partial charge on any atom is 0.247 e. The van der Waals surface area contributed by atoms with E-state index in [-0.39, 0.29) is 17.0 Å². The fraction of sp³-hybridized carbons (Fsp3) is 0.387. The van der Waals surface area contributed by atoms with Gasteiger partial charge in [-0.05, 0) is 86.2 Å². The molecule has 1 aromatic heterocycles. The van der Waals surface area contributed by atoms with Crippen molar-refractivity contribution in [2.75, 3.05) is 43.0 Å². The molecule has 3 aromatic rings. The number of carbonyl (C=O) groups is 1. The summed E-state index contributed by atoms with van der Waals surface area (Å²) in [6.07, 6.45) is 6.73. The largest absolute Gasteiger partial charge is 0.495 e. The summed E-state index contributed by atoms with van der Waals surface area (Å²) in [5, 5.41) is 8.11. The number of nitrogens with one attached hydrogen (secondary N) is 2. The minimum atomic E-state index is -0.467. The number of anilines is 4. The van der Waals surface area contributed by atoms with Gasteiger partial charge >= 0.3 is 0 Å². The third kappa shape index (κ3) is 5.54. The van der Waals surface area contributed by atoms with Gasteiger partial charge in [-0.1, -0.05) is 24.2 Å². The van der Waals surface area contributed by atoms with Crippen LogP contribution in [0.25, 0.3) is 0 Å². The van der Waals surface area contributed by atoms with Gasteiger partial charge in [-0.25, -0.2) is 19.4 Å². The lowest BCUT2D eigenvalue weighted by molar-refractivity contribution is -0.111. The molecule has 2 aliphatic heterocycles. The molecule has 11 heteroatoms. The molecule has 2 N–H and O–H groups in total. The Balaban J connectivity index is 1.29. The first-order chi connectivity index (χ1) is 20.3. The van der Waals surface area contributed by atoms with Gasteiger partial charge in [-0.15, -0.1) is 0 Å². The van der Waals surface area contributed by atoms with Crippen molar-refractivity contribution in [1.82, 2.24) is 14.9 Å². The lowest BCUT2D eigenvalue weighted by atomic mass is 9.93. The summed E-state index contributed by atoms with van der Waals surface area (Å²) < 4.78 is 19.6. The van der Waals surface area contributed by atoms with Crippen LogP contribution in [0.2, 0.25) is 5.02 Å². The van der Waals surface area contributed by atoms with Gasteiger partial charge in [0.05, 0.1) is 30.5 Å². The third-order valence-electron chi connectivity index (χ3n) is 8.71. The van der Waals surface area contributed by atoms with Crippen LogP contribution in [-0.4, -0.2) is 54.1 Å². The summed E-state index contributed by atoms with van der Waals surface area (Å²) in [7, 11) is 3.83. The number of halogens is 2. The number of fused-ring (bicyclic) bond motifs is 1. The number of hydrogen-bond donors (Lipinski definition) is 2. The van der Waals surface area contributed by atoms with Crippen molar-refractivity contribution in [3.8, 4) is 5.75 Å². The molecule has 9 nitrogen and oxygen atoms in total. The second-order valence-electron chi connectivity index (χ2n) is 11.1. The highest BCUT2D eigenvalue weighted by molar-refractivity contribution is 6.30. The van der Waals surface area contributed by atoms with Gasteiger partial charge in [0.1, 0.15) is 23.7 Å². The number of rotatable bonds is 8. The minimum Gasteiger partial charge on any atom is -0.495 e. The number of carbonyl (C=O) groups excluding carboxylic acids is 1. The molecule has 3 fully saturated rings. The van der Waals surface area contributed by atoms with Crippen molar-refractivity contribution < 1.29 is 18.8 Å². The van der Waals surface area contributed by atoms with E-state index >= 15 is 0 Å². The summed E-state index contributed by atoms with van der Waals surface area (Å²) in [6, 6.07) is 10.7. The summed E-state index contributed by atoms with van der Waals surface area (Å²) in [4.78, 5) is 29.6. The van der Waals surface area contributed by atoms with E-state index in [1.807, 2.05) is 12.1 Å². The SMILES string of the molecule is C=CC(=O)Nc1cc(Nc2cc(N3OCC[C@@H]3c3ccc(F)c(Cl)c3)ncn2)c(OC)cc1C1C[C@@H]2CCN(C)[C@@H]2C1. The van der Waals surface area contributed by atoms with E-state index in [1.165, 1.54) is 24.9 Å². The van der Waals surface area contributed by atoms with Crippen LogP contribution >= 0.6 is 11.6 Å². The van der Waals surface area contributed by atoms with E-state index < -0.39 is 5.82 Å². The molecule has 0 radical (unpaired) electrons. The Labute approximate surface area is 249 Å². The van der Waals surface area contributed by atoms with Gasteiger partial charge in [0.25, 0.3) is 0 Å². The first-order valence-electron chi connectivity index (χ1n) is 14.2. The van der Waals surface area contributed by atoms with Crippen LogP contribution in [0.4, 0.5) is 27.4 Å². The smallest absolute Gasteiger partial charge is 0.247 e. The molecular formula is C31H34ClFN6O3. The van der Waals surface area contributed by atoms with Gasteiger partial charge in [-0.3, -0.25) is 9.63 Å². The van der Waals surface area contributed by atoms with E-state index in [4.69, 9.17) is 21.2 Å². The normalized spacial score (nSPS) is 23.6. The molecule has 2 aromatic carbocycles. The van der Waals surface area contributed by atoms with Crippen molar-refractivity contribution in [2.24, 2.45) is 5.92 Å². The Bertz CT molecular complexity index is 1510. The minimum absolute atomic E-state index is 0.0621. The fourth-order valence-electron chi connectivity index (χ4n) is 6.63. The molecule has 42 heavy (non-hydrogen) atoms. The molecule has 3 aliphatic rings. The number of nitrogens with zero attached hydrogens (tertiary/aromatic N) is 4. The number of hydroxylamine groups is 1. The second-order valence-corrected chi connectivity index (χ2v) is 11.5. The molecule has 0 bridgehead atoms. The second kappa shape index (κ2) is 11.9. The van der Waals surface area contributed by atoms with Crippen LogP contribution < -0.4 is 20.4 Å². The Morgan fingerprint density at radius 3 is 2.81 bits per heavy atom.